The minimum absolute atomic E-state index is 0.301. The number of carbonyl (C=O) groups is 1. The topological polar surface area (TPSA) is 151 Å². The van der Waals surface area contributed by atoms with E-state index in [-0.39, 0.29) is 12.6 Å². The van der Waals surface area contributed by atoms with Gasteiger partial charge >= 0.3 is 143 Å². The van der Waals surface area contributed by atoms with Gasteiger partial charge in [0.05, 0.1) is 0 Å². The zero-order chi connectivity index (χ0) is 21.8. The normalized spacial score (nSPS) is 20.5. The van der Waals surface area contributed by atoms with Crippen LogP contribution in [0.3, 0.4) is 0 Å². The van der Waals surface area contributed by atoms with Crippen LogP contribution in [-0.4, -0.2) is 54.7 Å². The van der Waals surface area contributed by atoms with Crippen molar-refractivity contribution in [3.63, 3.8) is 0 Å². The number of nitrogens with zero attached hydrogens (tertiary/aromatic N) is 4. The largest absolute Gasteiger partial charge is 0.339 e. The summed E-state index contributed by atoms with van der Waals surface area (Å²) >= 11 is 0. The van der Waals surface area contributed by atoms with Gasteiger partial charge in [-0.2, -0.15) is 4.98 Å². The molecule has 2 aromatic heterocycles. The molecule has 3 aromatic rings. The monoisotopic (exact) mass is 446 g/mol. The molecule has 31 heavy (non-hydrogen) atoms. The number of benzene rings is 1. The average Bonchev–Trinajstić information content (AvgIpc) is 3.41. The molecule has 2 atom stereocenters. The zero-order valence-electron chi connectivity index (χ0n) is 16.3. The van der Waals surface area contributed by atoms with E-state index in [1.807, 2.05) is 30.3 Å². The molecule has 0 bridgehead atoms. The quantitative estimate of drug-likeness (QED) is 0.495. The summed E-state index contributed by atoms with van der Waals surface area (Å²) in [6.45, 7) is 1.41. The molecule has 1 saturated heterocycles. The average molecular weight is 446 g/mol. The minimum atomic E-state index is -4.68. The summed E-state index contributed by atoms with van der Waals surface area (Å²) in [6.07, 6.45) is 0.971. The SMILES string of the molecule is Cc1nc(-c2ccc(-c3ccc4c(c3)C[C@H]3C(CO[PH](O)(O)O)OC(=O)N43)cn2)no1. The molecular weight excluding hydrogens is 427 g/mol. The molecule has 12 heteroatoms. The predicted molar refractivity (Wildman–Crippen MR) is 109 cm³/mol. The molecule has 0 saturated carbocycles. The number of aryl methyl sites for hydroxylation is 1. The van der Waals surface area contributed by atoms with E-state index >= 15 is 0 Å². The third-order valence-electron chi connectivity index (χ3n) is 5.27. The molecule has 3 N–H and O–H groups in total. The van der Waals surface area contributed by atoms with Crippen LogP contribution in [0.4, 0.5) is 10.5 Å². The van der Waals surface area contributed by atoms with Gasteiger partial charge in [0.1, 0.15) is 0 Å². The van der Waals surface area contributed by atoms with Crippen LogP contribution in [0.5, 0.6) is 0 Å². The first kappa shape index (κ1) is 20.0. The molecule has 162 valence electrons. The third-order valence-corrected chi connectivity index (χ3v) is 5.83. The Labute approximate surface area is 176 Å². The van der Waals surface area contributed by atoms with Crippen molar-refractivity contribution in [1.29, 1.82) is 0 Å². The van der Waals surface area contributed by atoms with Crippen LogP contribution < -0.4 is 4.90 Å². The fourth-order valence-corrected chi connectivity index (χ4v) is 4.28. The molecule has 0 aliphatic carbocycles. The molecule has 1 unspecified atom stereocenters. The van der Waals surface area contributed by atoms with Crippen molar-refractivity contribution in [1.82, 2.24) is 15.1 Å². The first-order valence-electron chi connectivity index (χ1n) is 9.49. The smallest absolute Gasteiger partial charge is 0.0554 e. The first-order chi connectivity index (χ1) is 14.8. The van der Waals surface area contributed by atoms with Gasteiger partial charge in [0.25, 0.3) is 0 Å². The third kappa shape index (κ3) is 3.78. The van der Waals surface area contributed by atoms with Crippen LogP contribution >= 0.6 is 8.17 Å². The Morgan fingerprint density at radius 3 is 2.71 bits per heavy atom. The van der Waals surface area contributed by atoms with Gasteiger partial charge in [-0.1, -0.05) is 5.16 Å². The van der Waals surface area contributed by atoms with E-state index in [2.05, 4.69) is 19.6 Å². The maximum Gasteiger partial charge on any atom is -0.0554 e. The van der Waals surface area contributed by atoms with Gasteiger partial charge in [0, 0.05) is 6.92 Å². The van der Waals surface area contributed by atoms with Crippen LogP contribution in [-0.2, 0) is 15.7 Å². The van der Waals surface area contributed by atoms with Crippen molar-refractivity contribution < 1.29 is 33.3 Å². The molecule has 1 amide bonds. The van der Waals surface area contributed by atoms with Gasteiger partial charge in [-0.05, 0) is 0 Å². The Kier molecular flexibility index (Phi) is 4.72. The summed E-state index contributed by atoms with van der Waals surface area (Å²) in [5.74, 6) is 0.887. The molecular formula is C19H19N4O7P. The second kappa shape index (κ2) is 7.33. The Morgan fingerprint density at radius 2 is 2.03 bits per heavy atom. The van der Waals surface area contributed by atoms with E-state index in [4.69, 9.17) is 23.9 Å². The summed E-state index contributed by atoms with van der Waals surface area (Å²) < 4.78 is 14.9. The van der Waals surface area contributed by atoms with Crippen molar-refractivity contribution in [2.24, 2.45) is 0 Å². The summed E-state index contributed by atoms with van der Waals surface area (Å²) in [6, 6.07) is 9.08. The van der Waals surface area contributed by atoms with Crippen LogP contribution in [0.1, 0.15) is 11.5 Å². The van der Waals surface area contributed by atoms with E-state index in [1.54, 1.807) is 13.1 Å². The molecule has 2 aliphatic heterocycles. The molecule has 4 heterocycles. The fourth-order valence-electron chi connectivity index (χ4n) is 3.89. The van der Waals surface area contributed by atoms with Crippen molar-refractivity contribution in [3.8, 4) is 22.6 Å². The number of amides is 1. The van der Waals surface area contributed by atoms with Crippen LogP contribution in [0.25, 0.3) is 22.6 Å². The van der Waals surface area contributed by atoms with Crippen LogP contribution in [0.15, 0.2) is 41.1 Å². The van der Waals surface area contributed by atoms with Gasteiger partial charge in [-0.3, -0.25) is 0 Å². The van der Waals surface area contributed by atoms with E-state index in [1.165, 1.54) is 4.90 Å². The van der Waals surface area contributed by atoms with Gasteiger partial charge in [0.2, 0.25) is 11.7 Å². The molecule has 1 fully saturated rings. The summed E-state index contributed by atoms with van der Waals surface area (Å²) in [7, 11) is -4.68. The predicted octanol–water partition coefficient (Wildman–Crippen LogP) is 1.76. The number of carbonyl (C=O) groups excluding carboxylic acids is 1. The van der Waals surface area contributed by atoms with E-state index < -0.39 is 20.4 Å². The fraction of sp³-hybridized carbons (Fsp3) is 0.263. The standard InChI is InChI=1S/C19H19N4O7P/c1-10-21-18(22-30-10)14-4-2-12(8-20-14)11-3-5-15-13(6-11)7-16-17(9-28-31(25,26)27)29-19(24)23(15)16/h2-6,8,16-17,25-27,31H,7,9H2,1H3/t16-,17?/m0/s1. The van der Waals surface area contributed by atoms with E-state index in [9.17, 15) is 4.79 Å². The molecule has 5 rings (SSSR count). The summed E-state index contributed by atoms with van der Waals surface area (Å²) in [5.41, 5.74) is 4.09. The van der Waals surface area contributed by atoms with E-state index in [0.29, 0.717) is 23.8 Å². The van der Waals surface area contributed by atoms with Crippen molar-refractivity contribution in [3.05, 3.63) is 48.0 Å². The molecule has 11 nitrogen and oxygen atoms in total. The summed E-state index contributed by atoms with van der Waals surface area (Å²) in [4.78, 5) is 49.6. The number of fused-ring (bicyclic) bond motifs is 3. The van der Waals surface area contributed by atoms with Crippen molar-refractivity contribution in [2.75, 3.05) is 11.5 Å². The molecule has 2 aliphatic rings. The van der Waals surface area contributed by atoms with Gasteiger partial charge < -0.3 is 4.52 Å². The second-order valence-electron chi connectivity index (χ2n) is 7.36. The molecule has 1 aromatic carbocycles. The zero-order valence-corrected chi connectivity index (χ0v) is 17.3. The van der Waals surface area contributed by atoms with Gasteiger partial charge in [-0.25, -0.2) is 0 Å². The number of rotatable bonds is 5. The summed E-state index contributed by atoms with van der Waals surface area (Å²) in [5, 5.41) is 3.86. The minimum Gasteiger partial charge on any atom is -0.339 e. The molecule has 0 spiro atoms. The maximum absolute atomic E-state index is 12.3. The number of hydrogen-bond donors (Lipinski definition) is 3. The Morgan fingerprint density at radius 1 is 1.23 bits per heavy atom. The number of anilines is 1. The maximum atomic E-state index is 12.3. The number of ether oxygens (including phenoxy) is 1. The number of aromatic nitrogens is 3. The van der Waals surface area contributed by atoms with Gasteiger partial charge in [0.15, 0.2) is 0 Å². The van der Waals surface area contributed by atoms with Crippen LogP contribution in [0.2, 0.25) is 0 Å². The number of pyridine rings is 1. The Balaban J connectivity index is 1.37. The van der Waals surface area contributed by atoms with Crippen molar-refractivity contribution in [2.45, 2.75) is 25.5 Å². The van der Waals surface area contributed by atoms with Gasteiger partial charge in [-0.15, -0.1) is 0 Å². The number of cyclic esters (lactones) is 1. The van der Waals surface area contributed by atoms with Crippen molar-refractivity contribution >= 4 is 20.0 Å². The number of hydrogen-bond acceptors (Lipinski definition) is 10. The molecule has 0 radical (unpaired) electrons. The van der Waals surface area contributed by atoms with E-state index in [0.717, 1.165) is 22.4 Å². The van der Waals surface area contributed by atoms with Crippen LogP contribution in [0, 0.1) is 6.92 Å². The Hall–Kier alpha value is -2.95. The second-order valence-corrected chi connectivity index (χ2v) is 8.80. The first-order valence-corrected chi connectivity index (χ1v) is 11.2. The Bertz CT molecular complexity index is 1140.